The maximum absolute atomic E-state index is 4.78. The van der Waals surface area contributed by atoms with Crippen molar-refractivity contribution in [2.75, 3.05) is 11.9 Å². The lowest BCUT2D eigenvalue weighted by atomic mass is 10.1. The van der Waals surface area contributed by atoms with Gasteiger partial charge in [-0.2, -0.15) is 9.61 Å². The molecular weight excluding hydrogens is 312 g/mol. The third kappa shape index (κ3) is 3.10. The second-order valence-corrected chi connectivity index (χ2v) is 6.24. The smallest absolute Gasteiger partial charge is 0.160 e. The molecule has 0 fully saturated rings. The highest BCUT2D eigenvalue weighted by molar-refractivity contribution is 5.67. The Balaban J connectivity index is 1.69. The van der Waals surface area contributed by atoms with Crippen molar-refractivity contribution in [3.8, 4) is 11.3 Å². The molecule has 2 N–H and O–H groups in total. The van der Waals surface area contributed by atoms with E-state index < -0.39 is 0 Å². The first-order chi connectivity index (χ1) is 12.2. The van der Waals surface area contributed by atoms with E-state index in [2.05, 4.69) is 32.5 Å². The largest absolute Gasteiger partial charge is 0.370 e. The van der Waals surface area contributed by atoms with E-state index in [0.717, 1.165) is 46.8 Å². The number of pyridine rings is 1. The molecule has 0 spiro atoms. The van der Waals surface area contributed by atoms with Gasteiger partial charge < -0.3 is 10.3 Å². The molecule has 0 aliphatic heterocycles. The van der Waals surface area contributed by atoms with E-state index in [0.29, 0.717) is 0 Å². The van der Waals surface area contributed by atoms with Gasteiger partial charge in [-0.15, -0.1) is 0 Å². The molecule has 0 atom stereocenters. The number of aromatic nitrogens is 5. The van der Waals surface area contributed by atoms with Crippen LogP contribution >= 0.6 is 0 Å². The van der Waals surface area contributed by atoms with Crippen LogP contribution in [-0.4, -0.2) is 31.1 Å². The number of aromatic amines is 1. The van der Waals surface area contributed by atoms with Gasteiger partial charge in [0.15, 0.2) is 5.65 Å². The van der Waals surface area contributed by atoms with Crippen molar-refractivity contribution in [1.29, 1.82) is 0 Å². The summed E-state index contributed by atoms with van der Waals surface area (Å²) >= 11 is 0. The lowest BCUT2D eigenvalue weighted by Gasteiger charge is -2.11. The van der Waals surface area contributed by atoms with Crippen LogP contribution < -0.4 is 5.32 Å². The standard InChI is InChI=1S/C19H20N6/c1-13-7-16(12-21-9-13)17-8-18(22-6-4-15-3-5-20-11-15)25-19(24-17)14(2)10-23-25/h3,5,7-12,20,22H,4,6H2,1-2H3. The highest BCUT2D eigenvalue weighted by Crippen LogP contribution is 2.23. The number of rotatable bonds is 5. The number of hydrogen-bond donors (Lipinski definition) is 2. The summed E-state index contributed by atoms with van der Waals surface area (Å²) in [5, 5.41) is 7.95. The van der Waals surface area contributed by atoms with Gasteiger partial charge in [0, 0.05) is 48.5 Å². The molecule has 6 nitrogen and oxygen atoms in total. The van der Waals surface area contributed by atoms with Crippen molar-refractivity contribution in [1.82, 2.24) is 24.6 Å². The lowest BCUT2D eigenvalue weighted by Crippen LogP contribution is -2.10. The maximum atomic E-state index is 4.78. The third-order valence-electron chi connectivity index (χ3n) is 4.20. The summed E-state index contributed by atoms with van der Waals surface area (Å²) in [5.41, 5.74) is 6.22. The number of nitrogens with zero attached hydrogens (tertiary/aromatic N) is 4. The first-order valence-electron chi connectivity index (χ1n) is 8.33. The summed E-state index contributed by atoms with van der Waals surface area (Å²) in [4.78, 5) is 12.2. The van der Waals surface area contributed by atoms with Crippen LogP contribution in [0.1, 0.15) is 16.7 Å². The van der Waals surface area contributed by atoms with Crippen molar-refractivity contribution in [2.24, 2.45) is 0 Å². The average molecular weight is 332 g/mol. The molecule has 0 saturated heterocycles. The molecule has 126 valence electrons. The molecule has 0 bridgehead atoms. The van der Waals surface area contributed by atoms with E-state index in [1.807, 2.05) is 55.4 Å². The zero-order valence-corrected chi connectivity index (χ0v) is 14.3. The predicted octanol–water partition coefficient (Wildman–Crippen LogP) is 3.39. The van der Waals surface area contributed by atoms with E-state index in [9.17, 15) is 0 Å². The summed E-state index contributed by atoms with van der Waals surface area (Å²) in [6.45, 7) is 4.88. The molecule has 4 aromatic rings. The number of anilines is 1. The fourth-order valence-corrected chi connectivity index (χ4v) is 2.89. The van der Waals surface area contributed by atoms with Crippen LogP contribution in [0.2, 0.25) is 0 Å². The summed E-state index contributed by atoms with van der Waals surface area (Å²) in [6.07, 6.45) is 10.4. The van der Waals surface area contributed by atoms with Gasteiger partial charge in [-0.05, 0) is 43.5 Å². The van der Waals surface area contributed by atoms with Crippen molar-refractivity contribution < 1.29 is 0 Å². The number of nitrogens with one attached hydrogen (secondary N) is 2. The minimum atomic E-state index is 0.821. The van der Waals surface area contributed by atoms with Gasteiger partial charge in [-0.3, -0.25) is 4.98 Å². The average Bonchev–Trinajstić information content (AvgIpc) is 3.25. The minimum Gasteiger partial charge on any atom is -0.370 e. The molecular formula is C19H20N6. The third-order valence-corrected chi connectivity index (χ3v) is 4.20. The van der Waals surface area contributed by atoms with Crippen LogP contribution in [0, 0.1) is 13.8 Å². The molecule has 0 radical (unpaired) electrons. The summed E-state index contributed by atoms with van der Waals surface area (Å²) in [7, 11) is 0. The molecule has 0 aromatic carbocycles. The Labute approximate surface area is 146 Å². The predicted molar refractivity (Wildman–Crippen MR) is 98.7 cm³/mol. The summed E-state index contributed by atoms with van der Waals surface area (Å²) in [6, 6.07) is 6.22. The van der Waals surface area contributed by atoms with E-state index >= 15 is 0 Å². The SMILES string of the molecule is Cc1cncc(-c2cc(NCCc3cc[nH]c3)n3ncc(C)c3n2)c1. The van der Waals surface area contributed by atoms with Gasteiger partial charge in [0.05, 0.1) is 11.9 Å². The summed E-state index contributed by atoms with van der Waals surface area (Å²) < 4.78 is 1.86. The van der Waals surface area contributed by atoms with E-state index in [-0.39, 0.29) is 0 Å². The van der Waals surface area contributed by atoms with E-state index in [4.69, 9.17) is 4.98 Å². The first kappa shape index (κ1) is 15.4. The van der Waals surface area contributed by atoms with Crippen LogP contribution in [-0.2, 0) is 6.42 Å². The number of fused-ring (bicyclic) bond motifs is 1. The number of aryl methyl sites for hydroxylation is 2. The fraction of sp³-hybridized carbons (Fsp3) is 0.211. The van der Waals surface area contributed by atoms with Crippen molar-refractivity contribution in [3.63, 3.8) is 0 Å². The van der Waals surface area contributed by atoms with Crippen LogP contribution in [0.3, 0.4) is 0 Å². The van der Waals surface area contributed by atoms with Crippen LogP contribution in [0.25, 0.3) is 16.9 Å². The second-order valence-electron chi connectivity index (χ2n) is 6.24. The molecule has 0 aliphatic rings. The zero-order chi connectivity index (χ0) is 17.2. The van der Waals surface area contributed by atoms with Gasteiger partial charge >= 0.3 is 0 Å². The topological polar surface area (TPSA) is 70.9 Å². The van der Waals surface area contributed by atoms with Crippen LogP contribution in [0.4, 0.5) is 5.82 Å². The number of H-pyrrole nitrogens is 1. The molecule has 0 aliphatic carbocycles. The van der Waals surface area contributed by atoms with Gasteiger partial charge in [-0.1, -0.05) is 0 Å². The van der Waals surface area contributed by atoms with E-state index in [1.165, 1.54) is 5.56 Å². The highest BCUT2D eigenvalue weighted by atomic mass is 15.3. The highest BCUT2D eigenvalue weighted by Gasteiger charge is 2.11. The first-order valence-corrected chi connectivity index (χ1v) is 8.33. The zero-order valence-electron chi connectivity index (χ0n) is 14.3. The van der Waals surface area contributed by atoms with Crippen LogP contribution in [0.5, 0.6) is 0 Å². The molecule has 6 heteroatoms. The lowest BCUT2D eigenvalue weighted by molar-refractivity contribution is 0.915. The Morgan fingerprint density at radius 1 is 1.16 bits per heavy atom. The Kier molecular flexibility index (Phi) is 3.93. The monoisotopic (exact) mass is 332 g/mol. The molecule has 4 heterocycles. The normalized spacial score (nSPS) is 11.1. The Hall–Kier alpha value is -3.15. The molecule has 0 amide bonds. The quantitative estimate of drug-likeness (QED) is 0.588. The summed E-state index contributed by atoms with van der Waals surface area (Å²) in [5.74, 6) is 0.935. The van der Waals surface area contributed by atoms with E-state index in [1.54, 1.807) is 0 Å². The van der Waals surface area contributed by atoms with Gasteiger partial charge in [-0.25, -0.2) is 4.98 Å². The van der Waals surface area contributed by atoms with Gasteiger partial charge in [0.25, 0.3) is 0 Å². The Bertz CT molecular complexity index is 1000. The minimum absolute atomic E-state index is 0.821. The van der Waals surface area contributed by atoms with Crippen molar-refractivity contribution >= 4 is 11.5 Å². The van der Waals surface area contributed by atoms with Crippen molar-refractivity contribution in [2.45, 2.75) is 20.3 Å². The van der Waals surface area contributed by atoms with Crippen molar-refractivity contribution in [3.05, 3.63) is 65.9 Å². The second kappa shape index (κ2) is 6.39. The van der Waals surface area contributed by atoms with Gasteiger partial charge in [0.2, 0.25) is 0 Å². The fourth-order valence-electron chi connectivity index (χ4n) is 2.89. The number of hydrogen-bond acceptors (Lipinski definition) is 4. The Morgan fingerprint density at radius 2 is 2.08 bits per heavy atom. The molecule has 0 unspecified atom stereocenters. The Morgan fingerprint density at radius 3 is 2.88 bits per heavy atom. The van der Waals surface area contributed by atoms with Crippen LogP contribution in [0.15, 0.2) is 49.2 Å². The molecule has 4 aromatic heterocycles. The van der Waals surface area contributed by atoms with Gasteiger partial charge in [0.1, 0.15) is 5.82 Å². The molecule has 25 heavy (non-hydrogen) atoms. The maximum Gasteiger partial charge on any atom is 0.160 e. The molecule has 4 rings (SSSR count). The molecule has 0 saturated carbocycles.